The normalized spacial score (nSPS) is 21.6. The molecule has 2 aliphatic heterocycles. The number of hydrogen-bond acceptors (Lipinski definition) is 6. The molecule has 0 atom stereocenters. The molecule has 6 heteroatoms. The van der Waals surface area contributed by atoms with Gasteiger partial charge in [-0.05, 0) is 157 Å². The Hall–Kier alpha value is -7.83. The highest BCUT2D eigenvalue weighted by molar-refractivity contribution is 5.89. The van der Waals surface area contributed by atoms with Crippen molar-refractivity contribution in [3.8, 4) is 56.8 Å². The van der Waals surface area contributed by atoms with Crippen molar-refractivity contribution < 1.29 is 4.74 Å². The molecule has 4 fully saturated rings. The molecule has 0 unspecified atom stereocenters. The quantitative estimate of drug-likeness (QED) is 0.166. The first-order valence-corrected chi connectivity index (χ1v) is 23.9. The Bertz CT molecular complexity index is 3290. The number of benzene rings is 8. The standard InChI is InChI=1S/C61H47N5O/c1-3-14-42(15-4-1)58-62-59(44-17-13-16-43(37-44)41-26-29-49(30-27-41)66-54-22-9-11-24-56(54)67-57-25-12-10-23-55(57)66)64-60(63-58)45-28-31-53-51(38-45)61(46-33-39-32-40(35-46)36-47(61)34-39)50-20-7-8-21-52(50)65(53)48-18-5-2-6-19-48/h1-31,37-40,46-47H,32-36H2. The molecular weight excluding hydrogens is 819 g/mol. The highest BCUT2D eigenvalue weighted by atomic mass is 16.5. The minimum Gasteiger partial charge on any atom is -0.453 e. The number of nitrogens with zero attached hydrogens (tertiary/aromatic N) is 5. The van der Waals surface area contributed by atoms with E-state index in [1.54, 1.807) is 0 Å². The maximum atomic E-state index is 6.30. The Labute approximate surface area is 391 Å². The minimum atomic E-state index is -0.0722. The SMILES string of the molecule is c1ccc(-c2nc(-c3cccc(-c4ccc(N5c6ccccc6Oc6ccccc65)cc4)c3)nc(-c3ccc4c(c3)C3(c5ccccc5N4c4ccccc4)C4CC5CC(C4)CC3C5)n2)cc1. The molecule has 8 aromatic carbocycles. The molecule has 6 nitrogen and oxygen atoms in total. The number of aromatic nitrogens is 3. The molecule has 322 valence electrons. The Balaban J connectivity index is 0.889. The van der Waals surface area contributed by atoms with E-state index in [9.17, 15) is 0 Å². The number of para-hydroxylation sites is 6. The van der Waals surface area contributed by atoms with E-state index in [1.165, 1.54) is 60.3 Å². The highest BCUT2D eigenvalue weighted by Gasteiger charge is 2.61. The third-order valence-corrected chi connectivity index (χ3v) is 15.7. The minimum absolute atomic E-state index is 0.0722. The van der Waals surface area contributed by atoms with Crippen LogP contribution in [0.25, 0.3) is 45.3 Å². The summed E-state index contributed by atoms with van der Waals surface area (Å²) in [6.45, 7) is 0. The van der Waals surface area contributed by atoms with Gasteiger partial charge in [0.2, 0.25) is 0 Å². The topological polar surface area (TPSA) is 54.4 Å². The molecule has 0 amide bonds. The average Bonchev–Trinajstić information content (AvgIpc) is 3.39. The first-order chi connectivity index (χ1) is 33.2. The van der Waals surface area contributed by atoms with Crippen LogP contribution >= 0.6 is 0 Å². The number of ether oxygens (including phenoxy) is 1. The third-order valence-electron chi connectivity index (χ3n) is 15.7. The predicted molar refractivity (Wildman–Crippen MR) is 269 cm³/mol. The molecule has 4 aliphatic carbocycles. The van der Waals surface area contributed by atoms with E-state index < -0.39 is 0 Å². The number of fused-ring (bicyclic) bond motifs is 4. The van der Waals surface area contributed by atoms with Gasteiger partial charge in [0.25, 0.3) is 0 Å². The third kappa shape index (κ3) is 6.05. The molecule has 0 radical (unpaired) electrons. The van der Waals surface area contributed by atoms with Gasteiger partial charge in [-0.2, -0.15) is 0 Å². The molecular formula is C61H47N5O. The Kier molecular flexibility index (Phi) is 8.67. The van der Waals surface area contributed by atoms with Crippen molar-refractivity contribution in [2.75, 3.05) is 9.80 Å². The lowest BCUT2D eigenvalue weighted by atomic mass is 9.41. The van der Waals surface area contributed by atoms with Gasteiger partial charge in [0.05, 0.1) is 22.7 Å². The average molecular weight is 866 g/mol. The second kappa shape index (κ2) is 15.1. The van der Waals surface area contributed by atoms with Gasteiger partial charge in [0.1, 0.15) is 0 Å². The zero-order valence-electron chi connectivity index (χ0n) is 37.0. The van der Waals surface area contributed by atoms with Gasteiger partial charge in [-0.25, -0.2) is 15.0 Å². The van der Waals surface area contributed by atoms with Gasteiger partial charge >= 0.3 is 0 Å². The monoisotopic (exact) mass is 865 g/mol. The van der Waals surface area contributed by atoms with Gasteiger partial charge in [-0.3, -0.25) is 0 Å². The summed E-state index contributed by atoms with van der Waals surface area (Å²) in [7, 11) is 0. The molecule has 15 rings (SSSR count). The van der Waals surface area contributed by atoms with E-state index in [0.717, 1.165) is 68.2 Å². The zero-order chi connectivity index (χ0) is 44.1. The lowest BCUT2D eigenvalue weighted by Crippen LogP contribution is -2.57. The van der Waals surface area contributed by atoms with E-state index in [0.29, 0.717) is 29.3 Å². The van der Waals surface area contributed by atoms with Crippen LogP contribution in [-0.2, 0) is 5.41 Å². The summed E-state index contributed by atoms with van der Waals surface area (Å²) in [6, 6.07) is 71.5. The van der Waals surface area contributed by atoms with Gasteiger partial charge in [0, 0.05) is 33.5 Å². The molecule has 6 aliphatic rings. The van der Waals surface area contributed by atoms with Crippen molar-refractivity contribution in [3.05, 3.63) is 211 Å². The molecule has 4 bridgehead atoms. The Morgan fingerprint density at radius 1 is 0.358 bits per heavy atom. The number of hydrogen-bond donors (Lipinski definition) is 0. The molecule has 0 saturated heterocycles. The van der Waals surface area contributed by atoms with Crippen LogP contribution in [0.5, 0.6) is 11.5 Å². The van der Waals surface area contributed by atoms with Gasteiger partial charge in [-0.15, -0.1) is 0 Å². The van der Waals surface area contributed by atoms with Crippen LogP contribution < -0.4 is 14.5 Å². The summed E-state index contributed by atoms with van der Waals surface area (Å²) in [4.78, 5) is 20.7. The van der Waals surface area contributed by atoms with Crippen LogP contribution in [0.2, 0.25) is 0 Å². The molecule has 1 aromatic heterocycles. The van der Waals surface area contributed by atoms with Crippen molar-refractivity contribution >= 4 is 34.1 Å². The summed E-state index contributed by atoms with van der Waals surface area (Å²) in [5.41, 5.74) is 14.9. The van der Waals surface area contributed by atoms with Crippen molar-refractivity contribution in [1.82, 2.24) is 15.0 Å². The fraction of sp³-hybridized carbons (Fsp3) is 0.164. The van der Waals surface area contributed by atoms with E-state index in [1.807, 2.05) is 30.3 Å². The predicted octanol–water partition coefficient (Wildman–Crippen LogP) is 15.6. The molecule has 3 heterocycles. The first-order valence-electron chi connectivity index (χ1n) is 23.9. The van der Waals surface area contributed by atoms with Crippen molar-refractivity contribution in [2.24, 2.45) is 23.7 Å². The Morgan fingerprint density at radius 2 is 0.836 bits per heavy atom. The smallest absolute Gasteiger partial charge is 0.164 e. The van der Waals surface area contributed by atoms with E-state index in [4.69, 9.17) is 19.7 Å². The van der Waals surface area contributed by atoms with Crippen LogP contribution in [0.4, 0.5) is 34.1 Å². The number of anilines is 6. The summed E-state index contributed by atoms with van der Waals surface area (Å²) in [5, 5.41) is 0. The van der Waals surface area contributed by atoms with E-state index in [-0.39, 0.29) is 5.41 Å². The summed E-state index contributed by atoms with van der Waals surface area (Å²) in [5.74, 6) is 6.57. The molecule has 1 spiro atoms. The lowest BCUT2D eigenvalue weighted by molar-refractivity contribution is -0.0419. The van der Waals surface area contributed by atoms with Gasteiger partial charge < -0.3 is 14.5 Å². The molecule has 9 aromatic rings. The zero-order valence-corrected chi connectivity index (χ0v) is 37.0. The highest BCUT2D eigenvalue weighted by Crippen LogP contribution is 2.69. The molecule has 4 saturated carbocycles. The van der Waals surface area contributed by atoms with Gasteiger partial charge in [-0.1, -0.05) is 121 Å². The number of rotatable bonds is 6. The fourth-order valence-electron chi connectivity index (χ4n) is 13.1. The fourth-order valence-corrected chi connectivity index (χ4v) is 13.1. The largest absolute Gasteiger partial charge is 0.453 e. The van der Waals surface area contributed by atoms with Crippen LogP contribution in [0, 0.1) is 23.7 Å². The summed E-state index contributed by atoms with van der Waals surface area (Å²) >= 11 is 0. The van der Waals surface area contributed by atoms with Gasteiger partial charge in [0.15, 0.2) is 29.0 Å². The maximum absolute atomic E-state index is 6.30. The first kappa shape index (κ1) is 38.4. The summed E-state index contributed by atoms with van der Waals surface area (Å²) in [6.07, 6.45) is 6.63. The van der Waals surface area contributed by atoms with Crippen LogP contribution in [-0.4, -0.2) is 15.0 Å². The summed E-state index contributed by atoms with van der Waals surface area (Å²) < 4.78 is 6.30. The van der Waals surface area contributed by atoms with E-state index >= 15 is 0 Å². The second-order valence-electron chi connectivity index (χ2n) is 19.3. The van der Waals surface area contributed by atoms with Crippen molar-refractivity contribution in [1.29, 1.82) is 0 Å². The van der Waals surface area contributed by atoms with Crippen LogP contribution in [0.1, 0.15) is 43.2 Å². The van der Waals surface area contributed by atoms with Crippen molar-refractivity contribution in [2.45, 2.75) is 37.5 Å². The van der Waals surface area contributed by atoms with E-state index in [2.05, 4.69) is 180 Å². The second-order valence-corrected chi connectivity index (χ2v) is 19.3. The molecule has 67 heavy (non-hydrogen) atoms. The van der Waals surface area contributed by atoms with Crippen LogP contribution in [0.3, 0.4) is 0 Å². The molecule has 0 N–H and O–H groups in total. The van der Waals surface area contributed by atoms with Crippen molar-refractivity contribution in [3.63, 3.8) is 0 Å². The van der Waals surface area contributed by atoms with Crippen LogP contribution in [0.15, 0.2) is 200 Å². The maximum Gasteiger partial charge on any atom is 0.164 e. The Morgan fingerprint density at radius 3 is 1.51 bits per heavy atom. The lowest BCUT2D eigenvalue weighted by Gasteiger charge is -2.64.